The van der Waals surface area contributed by atoms with Crippen molar-refractivity contribution in [2.45, 2.75) is 32.7 Å². The molecule has 1 aliphatic rings. The van der Waals surface area contributed by atoms with Crippen LogP contribution in [-0.4, -0.2) is 23.3 Å². The summed E-state index contributed by atoms with van der Waals surface area (Å²) in [6.45, 7) is 5.02. The minimum atomic E-state index is -0.470. The molecule has 3 unspecified atom stereocenters. The number of carbonyl (C=O) groups excluding carboxylic acids is 1. The highest BCUT2D eigenvalue weighted by atomic mass is 16.6. The van der Waals surface area contributed by atoms with Crippen molar-refractivity contribution in [1.29, 1.82) is 0 Å². The van der Waals surface area contributed by atoms with E-state index in [9.17, 15) is 14.9 Å². The van der Waals surface area contributed by atoms with Crippen LogP contribution in [0.1, 0.15) is 37.0 Å². The average Bonchev–Trinajstić information content (AvgIpc) is 2.45. The van der Waals surface area contributed by atoms with Crippen molar-refractivity contribution in [3.05, 3.63) is 39.9 Å². The molecule has 1 heterocycles. The predicted octanol–water partition coefficient (Wildman–Crippen LogP) is 2.80. The standard InChI is InChI=1S/C15H20N2O3/c1-10-6-7-16-14(8-10)11(2)15(18)12-4-3-5-13(9-12)17(19)20/h3-5,9-11,14,16H,6-8H2,1-2H3. The summed E-state index contributed by atoms with van der Waals surface area (Å²) >= 11 is 0. The fourth-order valence-electron chi connectivity index (χ4n) is 2.75. The number of nitrogens with one attached hydrogen (secondary N) is 1. The van der Waals surface area contributed by atoms with Gasteiger partial charge in [-0.1, -0.05) is 26.0 Å². The highest BCUT2D eigenvalue weighted by Gasteiger charge is 2.29. The molecule has 0 bridgehead atoms. The van der Waals surface area contributed by atoms with E-state index in [1.807, 2.05) is 6.92 Å². The lowest BCUT2D eigenvalue weighted by atomic mass is 9.83. The first-order chi connectivity index (χ1) is 9.49. The van der Waals surface area contributed by atoms with Crippen molar-refractivity contribution in [1.82, 2.24) is 5.32 Å². The molecule has 0 aliphatic carbocycles. The summed E-state index contributed by atoms with van der Waals surface area (Å²) in [5.41, 5.74) is 0.389. The zero-order valence-corrected chi connectivity index (χ0v) is 11.8. The minimum Gasteiger partial charge on any atom is -0.313 e. The Morgan fingerprint density at radius 1 is 1.50 bits per heavy atom. The van der Waals surface area contributed by atoms with E-state index in [-0.39, 0.29) is 23.4 Å². The summed E-state index contributed by atoms with van der Waals surface area (Å²) in [7, 11) is 0. The number of nitro benzene ring substituents is 1. The lowest BCUT2D eigenvalue weighted by Gasteiger charge is -2.31. The smallest absolute Gasteiger partial charge is 0.270 e. The van der Waals surface area contributed by atoms with Crippen LogP contribution in [0.25, 0.3) is 0 Å². The van der Waals surface area contributed by atoms with Crippen molar-refractivity contribution in [2.75, 3.05) is 6.54 Å². The number of piperidine rings is 1. The van der Waals surface area contributed by atoms with Crippen molar-refractivity contribution in [3.63, 3.8) is 0 Å². The van der Waals surface area contributed by atoms with Crippen molar-refractivity contribution < 1.29 is 9.72 Å². The second-order valence-electron chi connectivity index (χ2n) is 5.65. The first-order valence-corrected chi connectivity index (χ1v) is 7.01. The maximum atomic E-state index is 12.5. The van der Waals surface area contributed by atoms with Crippen LogP contribution in [0.4, 0.5) is 5.69 Å². The summed E-state index contributed by atoms with van der Waals surface area (Å²) < 4.78 is 0. The molecule has 3 atom stereocenters. The number of carbonyl (C=O) groups is 1. The molecule has 0 spiro atoms. The summed E-state index contributed by atoms with van der Waals surface area (Å²) in [6, 6.07) is 6.14. The third-order valence-corrected chi connectivity index (χ3v) is 4.06. The molecule has 0 amide bonds. The van der Waals surface area contributed by atoms with Gasteiger partial charge in [-0.25, -0.2) is 0 Å². The minimum absolute atomic E-state index is 0.0275. The third kappa shape index (κ3) is 3.22. The number of nitrogens with zero attached hydrogens (tertiary/aromatic N) is 1. The van der Waals surface area contributed by atoms with Crippen LogP contribution in [0.3, 0.4) is 0 Å². The lowest BCUT2D eigenvalue weighted by Crippen LogP contribution is -2.44. The van der Waals surface area contributed by atoms with Gasteiger partial charge in [0.15, 0.2) is 5.78 Å². The summed E-state index contributed by atoms with van der Waals surface area (Å²) in [5.74, 6) is 0.418. The Labute approximate surface area is 118 Å². The molecular formula is C15H20N2O3. The number of nitro groups is 1. The number of hydrogen-bond donors (Lipinski definition) is 1. The van der Waals surface area contributed by atoms with Gasteiger partial charge >= 0.3 is 0 Å². The van der Waals surface area contributed by atoms with E-state index < -0.39 is 4.92 Å². The zero-order chi connectivity index (χ0) is 14.7. The maximum Gasteiger partial charge on any atom is 0.270 e. The monoisotopic (exact) mass is 276 g/mol. The quantitative estimate of drug-likeness (QED) is 0.521. The normalized spacial score (nSPS) is 24.1. The lowest BCUT2D eigenvalue weighted by molar-refractivity contribution is -0.384. The molecule has 108 valence electrons. The summed E-state index contributed by atoms with van der Waals surface area (Å²) in [5, 5.41) is 14.2. The Morgan fingerprint density at radius 2 is 2.25 bits per heavy atom. The average molecular weight is 276 g/mol. The Kier molecular flexibility index (Phi) is 4.49. The van der Waals surface area contributed by atoms with Crippen molar-refractivity contribution >= 4 is 11.5 Å². The maximum absolute atomic E-state index is 12.5. The number of Topliss-reactive ketones (excluding diaryl/α,β-unsaturated/α-hetero) is 1. The van der Waals surface area contributed by atoms with E-state index in [0.29, 0.717) is 11.5 Å². The van der Waals surface area contributed by atoms with Crippen LogP contribution >= 0.6 is 0 Å². The van der Waals surface area contributed by atoms with Gasteiger partial charge in [0.05, 0.1) is 4.92 Å². The van der Waals surface area contributed by atoms with Gasteiger partial charge in [-0.15, -0.1) is 0 Å². The van der Waals surface area contributed by atoms with Crippen LogP contribution in [0.15, 0.2) is 24.3 Å². The third-order valence-electron chi connectivity index (χ3n) is 4.06. The number of benzene rings is 1. The van der Waals surface area contributed by atoms with E-state index >= 15 is 0 Å². The summed E-state index contributed by atoms with van der Waals surface area (Å²) in [4.78, 5) is 22.8. The number of ketones is 1. The van der Waals surface area contributed by atoms with Gasteiger partial charge in [-0.05, 0) is 25.3 Å². The van der Waals surface area contributed by atoms with Crippen molar-refractivity contribution in [3.8, 4) is 0 Å². The Bertz CT molecular complexity index is 516. The van der Waals surface area contributed by atoms with Crippen LogP contribution in [-0.2, 0) is 0 Å². The first kappa shape index (κ1) is 14.7. The number of hydrogen-bond acceptors (Lipinski definition) is 4. The van der Waals surface area contributed by atoms with Crippen LogP contribution < -0.4 is 5.32 Å². The van der Waals surface area contributed by atoms with Gasteiger partial charge in [-0.3, -0.25) is 14.9 Å². The Hall–Kier alpha value is -1.75. The van der Waals surface area contributed by atoms with E-state index in [0.717, 1.165) is 19.4 Å². The fourth-order valence-corrected chi connectivity index (χ4v) is 2.75. The molecule has 2 rings (SSSR count). The molecule has 20 heavy (non-hydrogen) atoms. The molecule has 0 aromatic heterocycles. The molecule has 1 aliphatic heterocycles. The number of rotatable bonds is 4. The SMILES string of the molecule is CC1CCNC(C(C)C(=O)c2cccc([N+](=O)[O-])c2)C1. The van der Waals surface area contributed by atoms with Crippen LogP contribution in [0.5, 0.6) is 0 Å². The van der Waals surface area contributed by atoms with Gasteiger partial charge in [0.1, 0.15) is 0 Å². The molecule has 5 nitrogen and oxygen atoms in total. The molecular weight excluding hydrogens is 256 g/mol. The predicted molar refractivity (Wildman–Crippen MR) is 76.8 cm³/mol. The van der Waals surface area contributed by atoms with Gasteiger partial charge in [-0.2, -0.15) is 0 Å². The molecule has 0 saturated carbocycles. The first-order valence-electron chi connectivity index (χ1n) is 7.01. The molecule has 0 radical (unpaired) electrons. The van der Waals surface area contributed by atoms with Gasteiger partial charge in [0.25, 0.3) is 5.69 Å². The summed E-state index contributed by atoms with van der Waals surface area (Å²) in [6.07, 6.45) is 2.11. The molecule has 1 aromatic carbocycles. The Morgan fingerprint density at radius 3 is 2.90 bits per heavy atom. The molecule has 1 fully saturated rings. The topological polar surface area (TPSA) is 72.2 Å². The zero-order valence-electron chi connectivity index (χ0n) is 11.8. The molecule has 1 aromatic rings. The highest BCUT2D eigenvalue weighted by Crippen LogP contribution is 2.24. The van der Waals surface area contributed by atoms with Crippen LogP contribution in [0, 0.1) is 22.0 Å². The van der Waals surface area contributed by atoms with Gasteiger partial charge in [0, 0.05) is 29.7 Å². The van der Waals surface area contributed by atoms with Gasteiger partial charge < -0.3 is 5.32 Å². The largest absolute Gasteiger partial charge is 0.313 e. The molecule has 5 heteroatoms. The van der Waals surface area contributed by atoms with E-state index in [4.69, 9.17) is 0 Å². The number of non-ortho nitro benzene ring substituents is 1. The van der Waals surface area contributed by atoms with Crippen molar-refractivity contribution in [2.24, 2.45) is 11.8 Å². The second-order valence-corrected chi connectivity index (χ2v) is 5.65. The molecule has 1 N–H and O–H groups in total. The van der Waals surface area contributed by atoms with E-state index in [1.54, 1.807) is 12.1 Å². The molecule has 1 saturated heterocycles. The van der Waals surface area contributed by atoms with Crippen LogP contribution in [0.2, 0.25) is 0 Å². The fraction of sp³-hybridized carbons (Fsp3) is 0.533. The van der Waals surface area contributed by atoms with E-state index in [2.05, 4.69) is 12.2 Å². The van der Waals surface area contributed by atoms with Gasteiger partial charge in [0.2, 0.25) is 0 Å². The Balaban J connectivity index is 2.13. The highest BCUT2D eigenvalue weighted by molar-refractivity contribution is 5.98. The second kappa shape index (κ2) is 6.13. The van der Waals surface area contributed by atoms with E-state index in [1.165, 1.54) is 12.1 Å².